The highest BCUT2D eigenvalue weighted by Crippen LogP contribution is 2.28. The molecule has 2 aromatic heterocycles. The molecule has 130 valence electrons. The molecule has 1 aliphatic heterocycles. The van der Waals surface area contributed by atoms with Gasteiger partial charge in [0.1, 0.15) is 0 Å². The summed E-state index contributed by atoms with van der Waals surface area (Å²) in [5.74, 6) is -2.82. The molecule has 1 aliphatic rings. The smallest absolute Gasteiger partial charge is 0.296 e. The Balaban J connectivity index is 1.63. The second-order valence-electron chi connectivity index (χ2n) is 6.14. The molecule has 0 bridgehead atoms. The van der Waals surface area contributed by atoms with Crippen molar-refractivity contribution in [3.63, 3.8) is 0 Å². The summed E-state index contributed by atoms with van der Waals surface area (Å²) in [5.41, 5.74) is 3.20. The van der Waals surface area contributed by atoms with Gasteiger partial charge in [-0.3, -0.25) is 10.1 Å². The SMILES string of the molecule is Cc1n[nH]c2ccc(-c3cncc(OC4CCNCC4(F)F)n3)cc12. The van der Waals surface area contributed by atoms with Gasteiger partial charge < -0.3 is 10.1 Å². The maximum absolute atomic E-state index is 13.9. The average molecular weight is 345 g/mol. The van der Waals surface area contributed by atoms with E-state index in [9.17, 15) is 8.78 Å². The van der Waals surface area contributed by atoms with Crippen LogP contribution in [0.4, 0.5) is 8.78 Å². The Labute approximate surface area is 142 Å². The van der Waals surface area contributed by atoms with Gasteiger partial charge >= 0.3 is 0 Å². The van der Waals surface area contributed by atoms with E-state index in [-0.39, 0.29) is 18.8 Å². The lowest BCUT2D eigenvalue weighted by molar-refractivity contribution is -0.110. The molecule has 0 radical (unpaired) electrons. The lowest BCUT2D eigenvalue weighted by Gasteiger charge is -2.31. The highest BCUT2D eigenvalue weighted by molar-refractivity contribution is 5.85. The van der Waals surface area contributed by atoms with Gasteiger partial charge in [-0.05, 0) is 25.6 Å². The normalized spacial score (nSPS) is 19.9. The number of rotatable bonds is 3. The van der Waals surface area contributed by atoms with E-state index in [0.29, 0.717) is 12.2 Å². The van der Waals surface area contributed by atoms with Crippen molar-refractivity contribution in [3.05, 3.63) is 36.3 Å². The zero-order valence-electron chi connectivity index (χ0n) is 13.6. The van der Waals surface area contributed by atoms with E-state index in [1.807, 2.05) is 25.1 Å². The van der Waals surface area contributed by atoms with Crippen LogP contribution in [-0.4, -0.2) is 45.3 Å². The molecule has 4 rings (SSSR count). The molecular formula is C17H17F2N5O. The van der Waals surface area contributed by atoms with Crippen molar-refractivity contribution in [2.75, 3.05) is 13.1 Å². The number of alkyl halides is 2. The summed E-state index contributed by atoms with van der Waals surface area (Å²) in [4.78, 5) is 8.45. The molecule has 6 nitrogen and oxygen atoms in total. The van der Waals surface area contributed by atoms with Gasteiger partial charge in [0.15, 0.2) is 6.10 Å². The summed E-state index contributed by atoms with van der Waals surface area (Å²) >= 11 is 0. The first-order valence-corrected chi connectivity index (χ1v) is 8.05. The molecule has 1 aromatic carbocycles. The monoisotopic (exact) mass is 345 g/mol. The van der Waals surface area contributed by atoms with Crippen molar-refractivity contribution in [1.82, 2.24) is 25.5 Å². The molecule has 3 heterocycles. The summed E-state index contributed by atoms with van der Waals surface area (Å²) in [6.45, 7) is 2.01. The Hall–Kier alpha value is -2.61. The van der Waals surface area contributed by atoms with Crippen LogP contribution in [0.15, 0.2) is 30.6 Å². The second kappa shape index (κ2) is 6.03. The maximum Gasteiger partial charge on any atom is 0.296 e. The molecule has 2 N–H and O–H groups in total. The highest BCUT2D eigenvalue weighted by atomic mass is 19.3. The molecule has 0 amide bonds. The van der Waals surface area contributed by atoms with E-state index in [1.165, 1.54) is 6.20 Å². The second-order valence-corrected chi connectivity index (χ2v) is 6.14. The zero-order valence-corrected chi connectivity index (χ0v) is 13.6. The van der Waals surface area contributed by atoms with Crippen LogP contribution in [-0.2, 0) is 0 Å². The van der Waals surface area contributed by atoms with Crippen molar-refractivity contribution >= 4 is 10.9 Å². The molecule has 1 fully saturated rings. The number of nitrogens with one attached hydrogen (secondary N) is 2. The molecule has 1 unspecified atom stereocenters. The van der Waals surface area contributed by atoms with Gasteiger partial charge in [-0.15, -0.1) is 0 Å². The van der Waals surface area contributed by atoms with Crippen molar-refractivity contribution < 1.29 is 13.5 Å². The fourth-order valence-electron chi connectivity index (χ4n) is 2.95. The van der Waals surface area contributed by atoms with Crippen molar-refractivity contribution in [1.29, 1.82) is 0 Å². The van der Waals surface area contributed by atoms with Crippen LogP contribution in [0, 0.1) is 6.92 Å². The summed E-state index contributed by atoms with van der Waals surface area (Å²) in [5, 5.41) is 10.8. The van der Waals surface area contributed by atoms with Crippen LogP contribution < -0.4 is 10.1 Å². The van der Waals surface area contributed by atoms with Crippen molar-refractivity contribution in [3.8, 4) is 17.1 Å². The number of hydrogen-bond acceptors (Lipinski definition) is 5. The van der Waals surface area contributed by atoms with Crippen LogP contribution in [0.25, 0.3) is 22.2 Å². The van der Waals surface area contributed by atoms with Gasteiger partial charge in [0, 0.05) is 17.4 Å². The number of H-pyrrole nitrogens is 1. The Bertz CT molecular complexity index is 911. The van der Waals surface area contributed by atoms with Crippen LogP contribution >= 0.6 is 0 Å². The number of aryl methyl sites for hydroxylation is 1. The van der Waals surface area contributed by atoms with Crippen LogP contribution in [0.5, 0.6) is 5.88 Å². The quantitative estimate of drug-likeness (QED) is 0.763. The highest BCUT2D eigenvalue weighted by Gasteiger charge is 2.43. The number of piperidine rings is 1. The topological polar surface area (TPSA) is 75.7 Å². The van der Waals surface area contributed by atoms with E-state index >= 15 is 0 Å². The number of aromatic nitrogens is 4. The number of hydrogen-bond donors (Lipinski definition) is 2. The number of aromatic amines is 1. The third-order valence-electron chi connectivity index (χ3n) is 4.34. The van der Waals surface area contributed by atoms with Crippen LogP contribution in [0.1, 0.15) is 12.1 Å². The minimum Gasteiger partial charge on any atom is -0.467 e. The predicted octanol–water partition coefficient (Wildman–Crippen LogP) is 2.70. The standard InChI is InChI=1S/C17H17F2N5O/c1-10-12-6-11(2-3-13(12)24-23-10)14-7-21-8-16(22-14)25-15-4-5-20-9-17(15,18)19/h2-3,6-8,15,20H,4-5,9H2,1H3,(H,23,24). The molecular weight excluding hydrogens is 328 g/mol. The minimum atomic E-state index is -2.93. The molecule has 0 saturated carbocycles. The molecule has 3 aromatic rings. The van der Waals surface area contributed by atoms with Gasteiger partial charge in [-0.2, -0.15) is 5.10 Å². The van der Waals surface area contributed by atoms with E-state index in [2.05, 4.69) is 25.5 Å². The van der Waals surface area contributed by atoms with Crippen molar-refractivity contribution in [2.24, 2.45) is 0 Å². The van der Waals surface area contributed by atoms with Crippen LogP contribution in [0.2, 0.25) is 0 Å². The third-order valence-corrected chi connectivity index (χ3v) is 4.34. The van der Waals surface area contributed by atoms with Gasteiger partial charge in [0.2, 0.25) is 5.88 Å². The Morgan fingerprint density at radius 1 is 1.28 bits per heavy atom. The number of nitrogens with zero attached hydrogens (tertiary/aromatic N) is 3. The van der Waals surface area contributed by atoms with Gasteiger partial charge in [-0.25, -0.2) is 13.8 Å². The largest absolute Gasteiger partial charge is 0.467 e. The molecule has 1 saturated heterocycles. The van der Waals surface area contributed by atoms with Crippen LogP contribution in [0.3, 0.4) is 0 Å². The Kier molecular flexibility index (Phi) is 3.84. The molecule has 8 heteroatoms. The molecule has 0 spiro atoms. The zero-order chi connectivity index (χ0) is 17.4. The Morgan fingerprint density at radius 3 is 3.00 bits per heavy atom. The first-order chi connectivity index (χ1) is 12.0. The van der Waals surface area contributed by atoms with Gasteiger partial charge in [-0.1, -0.05) is 6.07 Å². The molecule has 0 aliphatic carbocycles. The fourth-order valence-corrected chi connectivity index (χ4v) is 2.95. The van der Waals surface area contributed by atoms with E-state index in [0.717, 1.165) is 22.2 Å². The minimum absolute atomic E-state index is 0.105. The fraction of sp³-hybridized carbons (Fsp3) is 0.353. The lowest BCUT2D eigenvalue weighted by atomic mass is 10.1. The lowest BCUT2D eigenvalue weighted by Crippen LogP contribution is -2.52. The number of fused-ring (bicyclic) bond motifs is 1. The van der Waals surface area contributed by atoms with Crippen molar-refractivity contribution in [2.45, 2.75) is 25.4 Å². The number of halogens is 2. The maximum atomic E-state index is 13.9. The summed E-state index contributed by atoms with van der Waals surface area (Å²) < 4.78 is 33.3. The van der Waals surface area contributed by atoms with E-state index < -0.39 is 12.0 Å². The average Bonchev–Trinajstić information content (AvgIpc) is 2.98. The number of benzene rings is 1. The number of ether oxygens (including phenoxy) is 1. The van der Waals surface area contributed by atoms with E-state index in [1.54, 1.807) is 6.20 Å². The van der Waals surface area contributed by atoms with E-state index in [4.69, 9.17) is 4.74 Å². The Morgan fingerprint density at radius 2 is 2.16 bits per heavy atom. The van der Waals surface area contributed by atoms with Gasteiger partial charge in [0.25, 0.3) is 5.92 Å². The molecule has 1 atom stereocenters. The summed E-state index contributed by atoms with van der Waals surface area (Å²) in [6.07, 6.45) is 1.98. The summed E-state index contributed by atoms with van der Waals surface area (Å²) in [6, 6.07) is 5.73. The third kappa shape index (κ3) is 3.05. The predicted molar refractivity (Wildman–Crippen MR) is 88.7 cm³/mol. The molecule has 25 heavy (non-hydrogen) atoms. The summed E-state index contributed by atoms with van der Waals surface area (Å²) in [7, 11) is 0. The van der Waals surface area contributed by atoms with Gasteiger partial charge in [0.05, 0.1) is 35.8 Å². The first kappa shape index (κ1) is 15.9. The first-order valence-electron chi connectivity index (χ1n) is 8.05.